The lowest BCUT2D eigenvalue weighted by atomic mass is 9.88. The molecule has 0 amide bonds. The van der Waals surface area contributed by atoms with Gasteiger partial charge in [-0.15, -0.1) is 12.3 Å². The normalized spacial score (nSPS) is 30.2. The van der Waals surface area contributed by atoms with Crippen molar-refractivity contribution in [3.05, 3.63) is 0 Å². The average molecular weight is 182 g/mol. The third-order valence-corrected chi connectivity index (χ3v) is 3.30. The van der Waals surface area contributed by atoms with Gasteiger partial charge < -0.3 is 4.43 Å². The van der Waals surface area contributed by atoms with Gasteiger partial charge in [0.2, 0.25) is 0 Å². The van der Waals surface area contributed by atoms with Gasteiger partial charge in [0.15, 0.2) is 9.04 Å². The van der Waals surface area contributed by atoms with Crippen molar-refractivity contribution in [3.8, 4) is 12.3 Å². The molecule has 1 saturated carbocycles. The monoisotopic (exact) mass is 182 g/mol. The largest absolute Gasteiger partial charge is 0.418 e. The summed E-state index contributed by atoms with van der Waals surface area (Å²) in [5, 5.41) is 0. The van der Waals surface area contributed by atoms with Crippen molar-refractivity contribution in [3.63, 3.8) is 0 Å². The molecule has 0 aromatic carbocycles. The van der Waals surface area contributed by atoms with Gasteiger partial charge in [0.25, 0.3) is 0 Å². The summed E-state index contributed by atoms with van der Waals surface area (Å²) in [5.74, 6) is 3.36. The summed E-state index contributed by atoms with van der Waals surface area (Å²) in [6, 6.07) is 0. The smallest absolute Gasteiger partial charge is 0.171 e. The van der Waals surface area contributed by atoms with E-state index in [1.54, 1.807) is 0 Å². The highest BCUT2D eigenvalue weighted by atomic mass is 28.3. The van der Waals surface area contributed by atoms with Gasteiger partial charge in [-0.3, -0.25) is 0 Å². The van der Waals surface area contributed by atoms with Crippen LogP contribution >= 0.6 is 0 Å². The maximum absolute atomic E-state index is 5.85. The SMILES string of the molecule is C#C[C@H]1CC[C@H](O[SiH](C)C)CC1. The van der Waals surface area contributed by atoms with Crippen molar-refractivity contribution < 1.29 is 4.43 Å². The van der Waals surface area contributed by atoms with Crippen molar-refractivity contribution in [1.82, 2.24) is 0 Å². The molecule has 12 heavy (non-hydrogen) atoms. The zero-order chi connectivity index (χ0) is 8.97. The lowest BCUT2D eigenvalue weighted by Crippen LogP contribution is -2.25. The van der Waals surface area contributed by atoms with Gasteiger partial charge in [-0.05, 0) is 38.8 Å². The highest BCUT2D eigenvalue weighted by Crippen LogP contribution is 2.25. The van der Waals surface area contributed by atoms with Crippen LogP contribution in [0.4, 0.5) is 0 Å². The molecule has 0 heterocycles. The van der Waals surface area contributed by atoms with Crippen LogP contribution in [0.15, 0.2) is 0 Å². The lowest BCUT2D eigenvalue weighted by Gasteiger charge is -2.27. The molecule has 0 aromatic rings. The van der Waals surface area contributed by atoms with E-state index >= 15 is 0 Å². The van der Waals surface area contributed by atoms with Crippen LogP contribution in [0.25, 0.3) is 0 Å². The molecule has 1 aliphatic rings. The van der Waals surface area contributed by atoms with Crippen molar-refractivity contribution >= 4 is 9.04 Å². The fraction of sp³-hybridized carbons (Fsp3) is 0.800. The first-order valence-corrected chi connectivity index (χ1v) is 7.62. The second-order valence-corrected chi connectivity index (χ2v) is 6.19. The molecule has 0 aliphatic heterocycles. The van der Waals surface area contributed by atoms with Crippen LogP contribution in [0.3, 0.4) is 0 Å². The Hall–Kier alpha value is -0.263. The molecule has 0 saturated heterocycles. The first kappa shape index (κ1) is 9.82. The summed E-state index contributed by atoms with van der Waals surface area (Å²) in [4.78, 5) is 0. The summed E-state index contributed by atoms with van der Waals surface area (Å²) >= 11 is 0. The van der Waals surface area contributed by atoms with Gasteiger partial charge in [0.05, 0.1) is 0 Å². The van der Waals surface area contributed by atoms with E-state index < -0.39 is 9.04 Å². The van der Waals surface area contributed by atoms with E-state index in [9.17, 15) is 0 Å². The molecule has 0 unspecified atom stereocenters. The zero-order valence-electron chi connectivity index (χ0n) is 8.05. The summed E-state index contributed by atoms with van der Waals surface area (Å²) in [6.45, 7) is 4.46. The molecule has 0 N–H and O–H groups in total. The highest BCUT2D eigenvalue weighted by Gasteiger charge is 2.20. The van der Waals surface area contributed by atoms with Crippen LogP contribution in [0.5, 0.6) is 0 Å². The average Bonchev–Trinajstić information content (AvgIpc) is 2.05. The van der Waals surface area contributed by atoms with E-state index in [-0.39, 0.29) is 0 Å². The molecule has 0 aromatic heterocycles. The minimum absolute atomic E-state index is 0.527. The van der Waals surface area contributed by atoms with Crippen LogP contribution < -0.4 is 0 Å². The standard InChI is InChI=1S/C10H18OSi/c1-4-9-5-7-10(8-6-9)11-12(2)3/h1,9-10,12H,5-8H2,2-3H3/t9-,10-. The summed E-state index contributed by atoms with van der Waals surface area (Å²) in [7, 11) is -0.825. The molecule has 1 fully saturated rings. The van der Waals surface area contributed by atoms with Crippen LogP contribution in [0.2, 0.25) is 13.1 Å². The Kier molecular flexibility index (Phi) is 3.84. The van der Waals surface area contributed by atoms with Crippen LogP contribution in [-0.2, 0) is 4.43 Å². The van der Waals surface area contributed by atoms with Crippen LogP contribution in [0, 0.1) is 18.3 Å². The third-order valence-electron chi connectivity index (χ3n) is 2.37. The number of rotatable bonds is 2. The van der Waals surface area contributed by atoms with E-state index in [2.05, 4.69) is 19.0 Å². The molecule has 0 spiro atoms. The molecule has 68 valence electrons. The predicted octanol–water partition coefficient (Wildman–Crippen LogP) is 2.18. The van der Waals surface area contributed by atoms with Crippen molar-refractivity contribution in [1.29, 1.82) is 0 Å². The number of terminal acetylenes is 1. The van der Waals surface area contributed by atoms with Gasteiger partial charge >= 0.3 is 0 Å². The highest BCUT2D eigenvalue weighted by molar-refractivity contribution is 6.48. The number of hydrogen-bond donors (Lipinski definition) is 0. The first-order valence-electron chi connectivity index (χ1n) is 4.84. The molecule has 2 heteroatoms. The fourth-order valence-electron chi connectivity index (χ4n) is 1.75. The Morgan fingerprint density at radius 2 is 1.83 bits per heavy atom. The second kappa shape index (κ2) is 4.69. The summed E-state index contributed by atoms with van der Waals surface area (Å²) in [6.07, 6.45) is 10.6. The Balaban J connectivity index is 2.23. The van der Waals surface area contributed by atoms with Gasteiger partial charge in [0, 0.05) is 12.0 Å². The van der Waals surface area contributed by atoms with Crippen LogP contribution in [0.1, 0.15) is 25.7 Å². The first-order chi connectivity index (χ1) is 5.72. The van der Waals surface area contributed by atoms with Crippen molar-refractivity contribution in [2.75, 3.05) is 0 Å². The maximum Gasteiger partial charge on any atom is 0.171 e. The lowest BCUT2D eigenvalue weighted by molar-refractivity contribution is 0.144. The summed E-state index contributed by atoms with van der Waals surface area (Å²) in [5.41, 5.74) is 0. The molecular formula is C10H18OSi. The molecule has 0 atom stereocenters. The molecule has 1 aliphatic carbocycles. The van der Waals surface area contributed by atoms with E-state index in [1.807, 2.05) is 0 Å². The Morgan fingerprint density at radius 3 is 2.25 bits per heavy atom. The van der Waals surface area contributed by atoms with Gasteiger partial charge in [-0.2, -0.15) is 0 Å². The van der Waals surface area contributed by atoms with E-state index in [0.29, 0.717) is 12.0 Å². The molecule has 0 bridgehead atoms. The fourth-order valence-corrected chi connectivity index (χ4v) is 2.79. The minimum Gasteiger partial charge on any atom is -0.418 e. The van der Waals surface area contributed by atoms with Gasteiger partial charge in [-0.25, -0.2) is 0 Å². The summed E-state index contributed by atoms with van der Waals surface area (Å²) < 4.78 is 5.85. The maximum atomic E-state index is 5.85. The number of hydrogen-bond acceptors (Lipinski definition) is 1. The van der Waals surface area contributed by atoms with Crippen molar-refractivity contribution in [2.45, 2.75) is 44.9 Å². The third kappa shape index (κ3) is 3.00. The zero-order valence-corrected chi connectivity index (χ0v) is 9.20. The molecular weight excluding hydrogens is 164 g/mol. The van der Waals surface area contributed by atoms with Gasteiger partial charge in [-0.1, -0.05) is 0 Å². The minimum atomic E-state index is -0.825. The van der Waals surface area contributed by atoms with E-state index in [4.69, 9.17) is 10.8 Å². The van der Waals surface area contributed by atoms with Gasteiger partial charge in [0.1, 0.15) is 0 Å². The second-order valence-electron chi connectivity index (χ2n) is 3.83. The van der Waals surface area contributed by atoms with Crippen LogP contribution in [-0.4, -0.2) is 15.1 Å². The Labute approximate surface area is 77.2 Å². The molecule has 1 rings (SSSR count). The predicted molar refractivity (Wildman–Crippen MR) is 54.5 cm³/mol. The van der Waals surface area contributed by atoms with Crippen molar-refractivity contribution in [2.24, 2.45) is 5.92 Å². The molecule has 0 radical (unpaired) electrons. The quantitative estimate of drug-likeness (QED) is 0.470. The topological polar surface area (TPSA) is 9.23 Å². The Bertz CT molecular complexity index is 163. The van der Waals surface area contributed by atoms with E-state index in [1.165, 1.54) is 25.7 Å². The van der Waals surface area contributed by atoms with E-state index in [0.717, 1.165) is 0 Å². The molecule has 1 nitrogen and oxygen atoms in total. The Morgan fingerprint density at radius 1 is 1.25 bits per heavy atom.